The number of aliphatic hydroxyl groups is 1. The predicted octanol–water partition coefficient (Wildman–Crippen LogP) is 0.349. The van der Waals surface area contributed by atoms with Gasteiger partial charge < -0.3 is 14.6 Å². The molecule has 0 radical (unpaired) electrons. The number of carbonyl (C=O) groups excluding carboxylic acids is 1. The van der Waals surface area contributed by atoms with E-state index in [4.69, 9.17) is 9.84 Å². The molecule has 0 aliphatic carbocycles. The van der Waals surface area contributed by atoms with Crippen LogP contribution in [-0.2, 0) is 14.3 Å². The Morgan fingerprint density at radius 2 is 2.50 bits per heavy atom. The molecular formula is C6H8O4. The number of carbonyl (C=O) groups is 1. The standard InChI is InChI=1S/C6H8O4/c1-2-9-4-3-10-6(8)5(4)7/h7H,2-3H2,1H3. The SMILES string of the molecule is CCOC1=C(O)C(=O)OC1. The van der Waals surface area contributed by atoms with Gasteiger partial charge in [0.25, 0.3) is 0 Å². The Morgan fingerprint density at radius 3 is 2.90 bits per heavy atom. The summed E-state index contributed by atoms with van der Waals surface area (Å²) >= 11 is 0. The van der Waals surface area contributed by atoms with Gasteiger partial charge in [0.05, 0.1) is 6.61 Å². The lowest BCUT2D eigenvalue weighted by Gasteiger charge is -1.98. The second-order valence-corrected chi connectivity index (χ2v) is 1.78. The second kappa shape index (κ2) is 2.60. The van der Waals surface area contributed by atoms with Gasteiger partial charge in [0.1, 0.15) is 0 Å². The monoisotopic (exact) mass is 144 g/mol. The highest BCUT2D eigenvalue weighted by molar-refractivity contribution is 5.88. The topological polar surface area (TPSA) is 55.8 Å². The van der Waals surface area contributed by atoms with E-state index in [0.717, 1.165) is 0 Å². The molecule has 4 heteroatoms. The molecule has 0 saturated heterocycles. The summed E-state index contributed by atoms with van der Waals surface area (Å²) in [6, 6.07) is 0. The summed E-state index contributed by atoms with van der Waals surface area (Å²) in [5.74, 6) is -0.877. The third-order valence-corrected chi connectivity index (χ3v) is 1.11. The van der Waals surface area contributed by atoms with E-state index in [0.29, 0.717) is 6.61 Å². The molecule has 0 saturated carbocycles. The number of hydrogen-bond acceptors (Lipinski definition) is 4. The van der Waals surface area contributed by atoms with E-state index in [1.807, 2.05) is 0 Å². The Hall–Kier alpha value is -1.19. The summed E-state index contributed by atoms with van der Waals surface area (Å²) in [5, 5.41) is 8.87. The van der Waals surface area contributed by atoms with Crippen LogP contribution < -0.4 is 0 Å². The smallest absolute Gasteiger partial charge is 0.377 e. The first-order chi connectivity index (χ1) is 4.75. The number of ether oxygens (including phenoxy) is 2. The molecule has 0 bridgehead atoms. The van der Waals surface area contributed by atoms with Crippen LogP contribution in [0.15, 0.2) is 11.5 Å². The van der Waals surface area contributed by atoms with Crippen LogP contribution in [0, 0.1) is 0 Å². The minimum absolute atomic E-state index is 0.0541. The Morgan fingerprint density at radius 1 is 1.80 bits per heavy atom. The van der Waals surface area contributed by atoms with Crippen molar-refractivity contribution in [1.82, 2.24) is 0 Å². The first-order valence-corrected chi connectivity index (χ1v) is 2.97. The van der Waals surface area contributed by atoms with Gasteiger partial charge in [-0.3, -0.25) is 0 Å². The van der Waals surface area contributed by atoms with Crippen molar-refractivity contribution < 1.29 is 19.4 Å². The number of aliphatic hydroxyl groups excluding tert-OH is 1. The second-order valence-electron chi connectivity index (χ2n) is 1.78. The average molecular weight is 144 g/mol. The third kappa shape index (κ3) is 1.05. The maximum Gasteiger partial charge on any atom is 0.377 e. The van der Waals surface area contributed by atoms with Crippen molar-refractivity contribution in [3.63, 3.8) is 0 Å². The fourth-order valence-electron chi connectivity index (χ4n) is 0.666. The number of rotatable bonds is 2. The Labute approximate surface area is 58.1 Å². The van der Waals surface area contributed by atoms with Gasteiger partial charge in [-0.1, -0.05) is 0 Å². The van der Waals surface area contributed by atoms with Crippen LogP contribution in [0.1, 0.15) is 6.92 Å². The molecule has 0 aromatic rings. The molecule has 1 aliphatic rings. The van der Waals surface area contributed by atoms with E-state index < -0.39 is 11.7 Å². The van der Waals surface area contributed by atoms with Gasteiger partial charge in [-0.05, 0) is 6.92 Å². The molecule has 0 spiro atoms. The minimum Gasteiger partial charge on any atom is -0.499 e. The van der Waals surface area contributed by atoms with Gasteiger partial charge in [-0.15, -0.1) is 0 Å². The number of hydrogen-bond donors (Lipinski definition) is 1. The van der Waals surface area contributed by atoms with Gasteiger partial charge in [0, 0.05) is 0 Å². The lowest BCUT2D eigenvalue weighted by Crippen LogP contribution is -1.97. The zero-order valence-corrected chi connectivity index (χ0v) is 5.59. The molecule has 56 valence electrons. The lowest BCUT2D eigenvalue weighted by atomic mass is 10.4. The van der Waals surface area contributed by atoms with Gasteiger partial charge in [0.15, 0.2) is 12.4 Å². The first kappa shape index (κ1) is 6.92. The quantitative estimate of drug-likeness (QED) is 0.568. The summed E-state index contributed by atoms with van der Waals surface area (Å²) in [4.78, 5) is 10.4. The van der Waals surface area contributed by atoms with Crippen molar-refractivity contribution in [1.29, 1.82) is 0 Å². The molecule has 0 fully saturated rings. The fraction of sp³-hybridized carbons (Fsp3) is 0.500. The lowest BCUT2D eigenvalue weighted by molar-refractivity contribution is -0.138. The molecule has 10 heavy (non-hydrogen) atoms. The van der Waals surface area contributed by atoms with Crippen LogP contribution in [0.3, 0.4) is 0 Å². The molecule has 4 nitrogen and oxygen atoms in total. The molecule has 1 rings (SSSR count). The van der Waals surface area contributed by atoms with Crippen molar-refractivity contribution >= 4 is 5.97 Å². The maximum atomic E-state index is 10.4. The molecule has 1 heterocycles. The summed E-state index contributed by atoms with van der Waals surface area (Å²) in [5.41, 5.74) is 0. The summed E-state index contributed by atoms with van der Waals surface area (Å²) in [6.45, 7) is 2.25. The molecule has 0 amide bonds. The number of cyclic esters (lactones) is 1. The van der Waals surface area contributed by atoms with Crippen molar-refractivity contribution in [3.05, 3.63) is 11.5 Å². The molecule has 0 aromatic heterocycles. The minimum atomic E-state index is -0.705. The largest absolute Gasteiger partial charge is 0.499 e. The highest BCUT2D eigenvalue weighted by atomic mass is 16.6. The summed E-state index contributed by atoms with van der Waals surface area (Å²) in [6.07, 6.45) is 0. The molecule has 1 N–H and O–H groups in total. The van der Waals surface area contributed by atoms with E-state index in [2.05, 4.69) is 4.74 Å². The van der Waals surface area contributed by atoms with Crippen LogP contribution >= 0.6 is 0 Å². The predicted molar refractivity (Wildman–Crippen MR) is 32.2 cm³/mol. The first-order valence-electron chi connectivity index (χ1n) is 2.97. The zero-order chi connectivity index (χ0) is 7.56. The van der Waals surface area contributed by atoms with Crippen molar-refractivity contribution in [3.8, 4) is 0 Å². The highest BCUT2D eigenvalue weighted by Crippen LogP contribution is 2.13. The average Bonchev–Trinajstić information content (AvgIpc) is 2.20. The zero-order valence-electron chi connectivity index (χ0n) is 5.59. The van der Waals surface area contributed by atoms with E-state index in [1.54, 1.807) is 6.92 Å². The fourth-order valence-corrected chi connectivity index (χ4v) is 0.666. The molecule has 0 unspecified atom stereocenters. The van der Waals surface area contributed by atoms with Gasteiger partial charge in [0.2, 0.25) is 5.76 Å². The van der Waals surface area contributed by atoms with Gasteiger partial charge in [-0.2, -0.15) is 0 Å². The van der Waals surface area contributed by atoms with E-state index >= 15 is 0 Å². The van der Waals surface area contributed by atoms with Crippen LogP contribution in [-0.4, -0.2) is 24.3 Å². The maximum absolute atomic E-state index is 10.4. The Kier molecular flexibility index (Phi) is 1.80. The molecular weight excluding hydrogens is 136 g/mol. The van der Waals surface area contributed by atoms with Crippen molar-refractivity contribution in [2.45, 2.75) is 6.92 Å². The van der Waals surface area contributed by atoms with Crippen molar-refractivity contribution in [2.24, 2.45) is 0 Å². The molecule has 0 atom stereocenters. The Balaban J connectivity index is 2.65. The van der Waals surface area contributed by atoms with Crippen LogP contribution in [0.2, 0.25) is 0 Å². The summed E-state index contributed by atoms with van der Waals surface area (Å²) in [7, 11) is 0. The Bertz CT molecular complexity index is 182. The molecule has 1 aliphatic heterocycles. The normalized spacial score (nSPS) is 17.5. The van der Waals surface area contributed by atoms with Gasteiger partial charge >= 0.3 is 5.97 Å². The van der Waals surface area contributed by atoms with Gasteiger partial charge in [-0.25, -0.2) is 4.79 Å². The highest BCUT2D eigenvalue weighted by Gasteiger charge is 2.25. The van der Waals surface area contributed by atoms with E-state index in [-0.39, 0.29) is 12.4 Å². The van der Waals surface area contributed by atoms with Crippen LogP contribution in [0.4, 0.5) is 0 Å². The van der Waals surface area contributed by atoms with E-state index in [9.17, 15) is 4.79 Å². The summed E-state index contributed by atoms with van der Waals surface area (Å²) < 4.78 is 9.31. The molecule has 0 aromatic carbocycles. The number of esters is 1. The van der Waals surface area contributed by atoms with Crippen molar-refractivity contribution in [2.75, 3.05) is 13.2 Å². The van der Waals surface area contributed by atoms with E-state index in [1.165, 1.54) is 0 Å². The van der Waals surface area contributed by atoms with Crippen LogP contribution in [0.25, 0.3) is 0 Å². The van der Waals surface area contributed by atoms with Crippen LogP contribution in [0.5, 0.6) is 0 Å². The third-order valence-electron chi connectivity index (χ3n) is 1.11.